The lowest BCUT2D eigenvalue weighted by Gasteiger charge is -2.16. The van der Waals surface area contributed by atoms with Crippen molar-refractivity contribution in [2.24, 2.45) is 10.2 Å². The molecular formula is C34H24N4O14S4. The quantitative estimate of drug-likeness (QED) is 0.0743. The van der Waals surface area contributed by atoms with Gasteiger partial charge in [-0.15, -0.1) is 0 Å². The van der Waals surface area contributed by atoms with Crippen LogP contribution in [0.5, 0.6) is 0 Å². The average Bonchev–Trinajstić information content (AvgIpc) is 3.12. The zero-order valence-corrected chi connectivity index (χ0v) is 31.1. The molecule has 18 nitrogen and oxygen atoms in total. The standard InChI is InChI=1S/C34H24N4O14S4/c39-33-25-7-3-1-5-23(25)31(55(47,48)49)17-27(33)37-35-21-13-11-19(29(15-21)53(41,42)43)9-10-20-12-14-22(16-30(20)54(44,45)46)36-38-28-18-32(56(50,51)52)24-6-2-4-8-26(24)34(28)40/h1-18,35-36H,(H,41,42,43)(H,44,45,46)(H,47,48,49)(H,50,51,52)/b10-9+,37-27-,38-28-. The zero-order valence-electron chi connectivity index (χ0n) is 27.8. The Morgan fingerprint density at radius 2 is 0.804 bits per heavy atom. The van der Waals surface area contributed by atoms with Crippen molar-refractivity contribution in [3.63, 3.8) is 0 Å². The topological polar surface area (TPSA) is 300 Å². The number of benzene rings is 4. The van der Waals surface area contributed by atoms with E-state index in [2.05, 4.69) is 21.1 Å². The van der Waals surface area contributed by atoms with Crippen molar-refractivity contribution in [2.45, 2.75) is 9.79 Å². The molecule has 0 radical (unpaired) electrons. The lowest BCUT2D eigenvalue weighted by Crippen LogP contribution is -2.22. The summed E-state index contributed by atoms with van der Waals surface area (Å²) < 4.78 is 137. The van der Waals surface area contributed by atoms with Crippen LogP contribution in [-0.2, 0) is 40.5 Å². The van der Waals surface area contributed by atoms with Crippen LogP contribution in [0, 0.1) is 0 Å². The van der Waals surface area contributed by atoms with Crippen LogP contribution in [-0.4, -0.2) is 74.9 Å². The van der Waals surface area contributed by atoms with Gasteiger partial charge >= 0.3 is 0 Å². The van der Waals surface area contributed by atoms with Gasteiger partial charge in [0.15, 0.2) is 0 Å². The highest BCUT2D eigenvalue weighted by Crippen LogP contribution is 2.31. The maximum atomic E-state index is 13.0. The van der Waals surface area contributed by atoms with Crippen LogP contribution < -0.4 is 10.9 Å². The summed E-state index contributed by atoms with van der Waals surface area (Å²) in [6, 6.07) is 17.7. The van der Waals surface area contributed by atoms with Crippen molar-refractivity contribution < 1.29 is 61.5 Å². The van der Waals surface area contributed by atoms with E-state index in [0.29, 0.717) is 0 Å². The molecule has 0 saturated carbocycles. The molecule has 4 aromatic carbocycles. The van der Waals surface area contributed by atoms with Crippen LogP contribution in [0.25, 0.3) is 22.0 Å². The fourth-order valence-electron chi connectivity index (χ4n) is 5.55. The van der Waals surface area contributed by atoms with Gasteiger partial charge < -0.3 is 0 Å². The van der Waals surface area contributed by atoms with Crippen molar-refractivity contribution in [3.05, 3.63) is 130 Å². The number of nitrogens with zero attached hydrogens (tertiary/aromatic N) is 2. The number of ketones is 2. The van der Waals surface area contributed by atoms with E-state index in [0.717, 1.165) is 48.6 Å². The molecule has 22 heteroatoms. The van der Waals surface area contributed by atoms with Gasteiger partial charge in [0.05, 0.1) is 11.4 Å². The van der Waals surface area contributed by atoms with E-state index < -0.39 is 83.1 Å². The molecule has 0 spiro atoms. The number of anilines is 2. The number of fused-ring (bicyclic) bond motifs is 2. The number of allylic oxidation sites excluding steroid dienone is 2. The first-order valence-corrected chi connectivity index (χ1v) is 21.1. The second-order valence-corrected chi connectivity index (χ2v) is 17.3. The largest absolute Gasteiger partial charge is 0.295 e. The van der Waals surface area contributed by atoms with Gasteiger partial charge in [0, 0.05) is 22.3 Å². The molecule has 288 valence electrons. The van der Waals surface area contributed by atoms with Gasteiger partial charge in [-0.05, 0) is 47.5 Å². The van der Waals surface area contributed by atoms with E-state index in [4.69, 9.17) is 0 Å². The normalized spacial score (nSPS) is 16.4. The van der Waals surface area contributed by atoms with E-state index in [1.54, 1.807) is 0 Å². The molecule has 0 fully saturated rings. The molecule has 6 rings (SSSR count). The van der Waals surface area contributed by atoms with Gasteiger partial charge in [0.2, 0.25) is 11.6 Å². The first-order chi connectivity index (χ1) is 26.1. The minimum atomic E-state index is -4.99. The number of hydrazone groups is 2. The van der Waals surface area contributed by atoms with Gasteiger partial charge in [-0.2, -0.15) is 43.9 Å². The van der Waals surface area contributed by atoms with Gasteiger partial charge in [0.1, 0.15) is 31.0 Å². The van der Waals surface area contributed by atoms with E-state index in [1.807, 2.05) is 0 Å². The summed E-state index contributed by atoms with van der Waals surface area (Å²) >= 11 is 0. The molecule has 0 saturated heterocycles. The van der Waals surface area contributed by atoms with Crippen LogP contribution in [0.4, 0.5) is 11.4 Å². The van der Waals surface area contributed by atoms with Crippen molar-refractivity contribution >= 4 is 96.8 Å². The van der Waals surface area contributed by atoms with Crippen LogP contribution in [0.2, 0.25) is 0 Å². The molecule has 0 amide bonds. The Morgan fingerprint density at radius 3 is 1.12 bits per heavy atom. The predicted molar refractivity (Wildman–Crippen MR) is 204 cm³/mol. The first kappa shape index (κ1) is 39.7. The van der Waals surface area contributed by atoms with Gasteiger partial charge in [-0.25, -0.2) is 0 Å². The molecule has 6 N–H and O–H groups in total. The lowest BCUT2D eigenvalue weighted by atomic mass is 9.95. The van der Waals surface area contributed by atoms with Crippen molar-refractivity contribution in [2.75, 3.05) is 10.9 Å². The Balaban J connectivity index is 1.30. The maximum Gasteiger partial charge on any atom is 0.295 e. The Hall–Kier alpha value is -5.98. The Morgan fingerprint density at radius 1 is 0.464 bits per heavy atom. The monoisotopic (exact) mass is 840 g/mol. The van der Waals surface area contributed by atoms with E-state index in [1.165, 1.54) is 60.7 Å². The number of hydrogen-bond acceptors (Lipinski definition) is 14. The van der Waals surface area contributed by atoms with Crippen molar-refractivity contribution in [3.8, 4) is 0 Å². The second-order valence-electron chi connectivity index (χ2n) is 11.7. The summed E-state index contributed by atoms with van der Waals surface area (Å²) in [5.41, 5.74) is 2.94. The summed E-state index contributed by atoms with van der Waals surface area (Å²) in [6.45, 7) is 0. The number of hydrogen-bond donors (Lipinski definition) is 6. The molecular weight excluding hydrogens is 817 g/mol. The van der Waals surface area contributed by atoms with E-state index in [9.17, 15) is 61.5 Å². The summed E-state index contributed by atoms with van der Waals surface area (Å²) in [5, 5.41) is 7.73. The van der Waals surface area contributed by atoms with E-state index in [-0.39, 0.29) is 44.8 Å². The highest BCUT2D eigenvalue weighted by atomic mass is 32.2. The number of rotatable bonds is 10. The van der Waals surface area contributed by atoms with Gasteiger partial charge in [-0.3, -0.25) is 38.7 Å². The number of carbonyl (C=O) groups is 2. The Kier molecular flexibility index (Phi) is 10.3. The zero-order chi connectivity index (χ0) is 40.8. The lowest BCUT2D eigenvalue weighted by molar-refractivity contribution is 0.105. The summed E-state index contributed by atoms with van der Waals surface area (Å²) in [5.74, 6) is -1.45. The molecule has 0 unspecified atom stereocenters. The molecule has 0 aromatic heterocycles. The SMILES string of the molecule is O=C1/C(=N\Nc2ccc(/C=C/c3ccc(N/N=C4/C=C(S(=O)(=O)O)c5ccccc5C4=O)cc3S(=O)(=O)O)c(S(=O)(=O)O)c2)C=C(S(=O)(=O)O)c2ccccc21. The van der Waals surface area contributed by atoms with E-state index >= 15 is 0 Å². The highest BCUT2D eigenvalue weighted by molar-refractivity contribution is 7.95. The molecule has 0 atom stereocenters. The summed E-state index contributed by atoms with van der Waals surface area (Å²) in [6.07, 6.45) is 3.80. The number of nitrogens with one attached hydrogen (secondary N) is 2. The van der Waals surface area contributed by atoms with Crippen LogP contribution >= 0.6 is 0 Å². The maximum absolute atomic E-state index is 13.0. The molecule has 0 aliphatic heterocycles. The molecule has 4 aromatic rings. The van der Waals surface area contributed by atoms with Crippen LogP contribution in [0.15, 0.2) is 117 Å². The molecule has 0 bridgehead atoms. The third-order valence-corrected chi connectivity index (χ3v) is 11.7. The van der Waals surface area contributed by atoms with Crippen LogP contribution in [0.3, 0.4) is 0 Å². The number of carbonyl (C=O) groups excluding carboxylic acids is 2. The third-order valence-electron chi connectivity index (χ3n) is 8.07. The molecule has 56 heavy (non-hydrogen) atoms. The van der Waals surface area contributed by atoms with Crippen molar-refractivity contribution in [1.29, 1.82) is 0 Å². The second kappa shape index (κ2) is 14.6. The highest BCUT2D eigenvalue weighted by Gasteiger charge is 2.31. The molecule has 0 heterocycles. The fourth-order valence-corrected chi connectivity index (χ4v) is 8.41. The molecule has 2 aliphatic rings. The predicted octanol–water partition coefficient (Wildman–Crippen LogP) is 4.14. The third kappa shape index (κ3) is 8.31. The summed E-state index contributed by atoms with van der Waals surface area (Å²) in [7, 11) is -19.6. The average molecular weight is 841 g/mol. The van der Waals surface area contributed by atoms with Crippen molar-refractivity contribution in [1.82, 2.24) is 0 Å². The Labute approximate surface area is 318 Å². The number of Topliss-reactive ketones (excluding diaryl/α,β-unsaturated/α-hetero) is 2. The molecule has 2 aliphatic carbocycles. The van der Waals surface area contributed by atoms with Gasteiger partial charge in [-0.1, -0.05) is 72.8 Å². The van der Waals surface area contributed by atoms with Crippen LogP contribution in [0.1, 0.15) is 43.0 Å². The minimum absolute atomic E-state index is 0.0578. The smallest absolute Gasteiger partial charge is 0.287 e. The van der Waals surface area contributed by atoms with Gasteiger partial charge in [0.25, 0.3) is 40.5 Å². The minimum Gasteiger partial charge on any atom is -0.287 e. The first-order valence-electron chi connectivity index (χ1n) is 15.4. The summed E-state index contributed by atoms with van der Waals surface area (Å²) in [4.78, 5) is 23.3. The Bertz CT molecular complexity index is 2800. The fraction of sp³-hybridized carbons (Fsp3) is 0.